The number of anilines is 1. The lowest BCUT2D eigenvalue weighted by Gasteiger charge is -2.29. The number of rotatable bonds is 4. The molecular weight excluding hydrogens is 364 g/mol. The summed E-state index contributed by atoms with van der Waals surface area (Å²) >= 11 is 3.66. The summed E-state index contributed by atoms with van der Waals surface area (Å²) in [4.78, 5) is 2.32. The molecular formula is C16H25BrN2O2S. The Morgan fingerprint density at radius 2 is 1.95 bits per heavy atom. The van der Waals surface area contributed by atoms with Gasteiger partial charge in [-0.1, -0.05) is 22.0 Å². The minimum atomic E-state index is -1.08. The molecule has 0 radical (unpaired) electrons. The molecule has 0 saturated carbocycles. The van der Waals surface area contributed by atoms with Gasteiger partial charge in [0, 0.05) is 29.3 Å². The number of hydrogen-bond donors (Lipinski definition) is 1. The van der Waals surface area contributed by atoms with Gasteiger partial charge in [-0.25, -0.2) is 8.93 Å². The normalized spacial score (nSPS) is 19.0. The highest BCUT2D eigenvalue weighted by molar-refractivity contribution is 9.10. The van der Waals surface area contributed by atoms with E-state index in [0.717, 1.165) is 36.3 Å². The molecule has 1 aliphatic heterocycles. The van der Waals surface area contributed by atoms with Crippen LogP contribution in [0.15, 0.2) is 22.7 Å². The fourth-order valence-corrected chi connectivity index (χ4v) is 3.80. The molecule has 0 amide bonds. The zero-order valence-corrected chi connectivity index (χ0v) is 16.1. The first kappa shape index (κ1) is 17.9. The van der Waals surface area contributed by atoms with Gasteiger partial charge in [0.2, 0.25) is 0 Å². The van der Waals surface area contributed by atoms with E-state index in [9.17, 15) is 4.21 Å². The highest BCUT2D eigenvalue weighted by Crippen LogP contribution is 2.29. The number of nitrogens with one attached hydrogen (secondary N) is 1. The van der Waals surface area contributed by atoms with Crippen molar-refractivity contribution in [2.45, 2.75) is 38.5 Å². The van der Waals surface area contributed by atoms with Crippen molar-refractivity contribution in [1.82, 2.24) is 4.72 Å². The third kappa shape index (κ3) is 4.54. The van der Waals surface area contributed by atoms with E-state index < -0.39 is 11.0 Å². The molecule has 2 atom stereocenters. The van der Waals surface area contributed by atoms with Gasteiger partial charge in [-0.3, -0.25) is 0 Å². The summed E-state index contributed by atoms with van der Waals surface area (Å²) in [5, 5.41) is 0. The number of benzene rings is 1. The Labute approximate surface area is 144 Å². The first-order valence-corrected chi connectivity index (χ1v) is 9.53. The van der Waals surface area contributed by atoms with Crippen molar-refractivity contribution < 1.29 is 8.95 Å². The van der Waals surface area contributed by atoms with Gasteiger partial charge in [0.25, 0.3) is 0 Å². The van der Waals surface area contributed by atoms with Gasteiger partial charge in [0.05, 0.1) is 28.9 Å². The molecule has 1 N–H and O–H groups in total. The molecule has 1 heterocycles. The van der Waals surface area contributed by atoms with Crippen molar-refractivity contribution in [3.8, 4) is 0 Å². The van der Waals surface area contributed by atoms with Crippen LogP contribution in [0.4, 0.5) is 5.69 Å². The molecule has 22 heavy (non-hydrogen) atoms. The first-order valence-electron chi connectivity index (χ1n) is 7.59. The van der Waals surface area contributed by atoms with E-state index in [-0.39, 0.29) is 10.8 Å². The molecule has 1 aromatic carbocycles. The lowest BCUT2D eigenvalue weighted by Crippen LogP contribution is -2.36. The Morgan fingerprint density at radius 3 is 2.50 bits per heavy atom. The Bertz CT molecular complexity index is 539. The summed E-state index contributed by atoms with van der Waals surface area (Å²) < 4.78 is 21.6. The minimum Gasteiger partial charge on any atom is -0.378 e. The Morgan fingerprint density at radius 1 is 1.32 bits per heavy atom. The Hall–Kier alpha value is -0.430. The van der Waals surface area contributed by atoms with Crippen molar-refractivity contribution in [3.05, 3.63) is 28.2 Å². The van der Waals surface area contributed by atoms with E-state index in [1.165, 1.54) is 5.69 Å². The fraction of sp³-hybridized carbons (Fsp3) is 0.625. The fourth-order valence-electron chi connectivity index (χ4n) is 2.29. The molecule has 1 saturated heterocycles. The van der Waals surface area contributed by atoms with E-state index in [4.69, 9.17) is 4.74 Å². The quantitative estimate of drug-likeness (QED) is 0.858. The Kier molecular flexibility index (Phi) is 6.05. The smallest absolute Gasteiger partial charge is 0.0975 e. The minimum absolute atomic E-state index is 0.0215. The number of ether oxygens (including phenoxy) is 1. The average Bonchev–Trinajstić information content (AvgIpc) is 2.46. The number of hydrogen-bond acceptors (Lipinski definition) is 3. The third-order valence-electron chi connectivity index (χ3n) is 3.67. The molecule has 0 unspecified atom stereocenters. The molecule has 0 spiro atoms. The highest BCUT2D eigenvalue weighted by atomic mass is 79.9. The lowest BCUT2D eigenvalue weighted by atomic mass is 10.1. The van der Waals surface area contributed by atoms with Crippen LogP contribution in [0, 0.1) is 0 Å². The topological polar surface area (TPSA) is 41.6 Å². The standard InChI is InChI=1S/C16H25BrN2O2S/c1-12(18-22(20)16(2,3)4)14-6-5-13(11-15(14)17)19-7-9-21-10-8-19/h5-6,11-12,18H,7-10H2,1-4H3/t12-,22+/m1/s1. The van der Waals surface area contributed by atoms with Gasteiger partial charge in [0.1, 0.15) is 0 Å². The second-order valence-corrected chi connectivity index (χ2v) is 9.38. The second kappa shape index (κ2) is 7.43. The van der Waals surface area contributed by atoms with E-state index in [1.54, 1.807) is 0 Å². The maximum atomic E-state index is 12.2. The first-order chi connectivity index (χ1) is 10.3. The van der Waals surface area contributed by atoms with Gasteiger partial charge in [0.15, 0.2) is 0 Å². The molecule has 1 aromatic rings. The molecule has 4 nitrogen and oxygen atoms in total. The van der Waals surface area contributed by atoms with Crippen molar-refractivity contribution in [2.75, 3.05) is 31.2 Å². The second-order valence-electron chi connectivity index (χ2n) is 6.53. The molecule has 0 aromatic heterocycles. The molecule has 0 aliphatic carbocycles. The van der Waals surface area contributed by atoms with Crippen LogP contribution in [0.2, 0.25) is 0 Å². The summed E-state index contributed by atoms with van der Waals surface area (Å²) in [5.41, 5.74) is 2.32. The van der Waals surface area contributed by atoms with Crippen molar-refractivity contribution in [3.63, 3.8) is 0 Å². The van der Waals surface area contributed by atoms with Crippen molar-refractivity contribution >= 4 is 32.6 Å². The van der Waals surface area contributed by atoms with Crippen LogP contribution < -0.4 is 9.62 Å². The van der Waals surface area contributed by atoms with Crippen LogP contribution >= 0.6 is 15.9 Å². The summed E-state index contributed by atoms with van der Waals surface area (Å²) in [6, 6.07) is 6.39. The van der Waals surface area contributed by atoms with Gasteiger partial charge >= 0.3 is 0 Å². The van der Waals surface area contributed by atoms with Gasteiger partial charge in [-0.2, -0.15) is 0 Å². The predicted molar refractivity (Wildman–Crippen MR) is 96.6 cm³/mol. The molecule has 0 bridgehead atoms. The maximum absolute atomic E-state index is 12.2. The van der Waals surface area contributed by atoms with E-state index in [1.807, 2.05) is 27.7 Å². The average molecular weight is 389 g/mol. The number of morpholine rings is 1. The molecule has 6 heteroatoms. The van der Waals surface area contributed by atoms with E-state index in [2.05, 4.69) is 43.8 Å². The van der Waals surface area contributed by atoms with Crippen molar-refractivity contribution in [2.24, 2.45) is 0 Å². The van der Waals surface area contributed by atoms with Gasteiger partial charge in [-0.15, -0.1) is 0 Å². The molecule has 1 aliphatic rings. The zero-order valence-electron chi connectivity index (χ0n) is 13.7. The maximum Gasteiger partial charge on any atom is 0.0975 e. The highest BCUT2D eigenvalue weighted by Gasteiger charge is 2.23. The number of nitrogens with zero attached hydrogens (tertiary/aromatic N) is 1. The van der Waals surface area contributed by atoms with Gasteiger partial charge in [-0.05, 0) is 45.4 Å². The molecule has 2 rings (SSSR count). The van der Waals surface area contributed by atoms with Crippen LogP contribution in [0.5, 0.6) is 0 Å². The molecule has 124 valence electrons. The monoisotopic (exact) mass is 388 g/mol. The van der Waals surface area contributed by atoms with Crippen LogP contribution in [0.25, 0.3) is 0 Å². The van der Waals surface area contributed by atoms with Gasteiger partial charge < -0.3 is 9.64 Å². The van der Waals surface area contributed by atoms with E-state index in [0.29, 0.717) is 0 Å². The van der Waals surface area contributed by atoms with Crippen LogP contribution in [-0.4, -0.2) is 35.3 Å². The van der Waals surface area contributed by atoms with Crippen LogP contribution in [0.1, 0.15) is 39.3 Å². The molecule has 1 fully saturated rings. The van der Waals surface area contributed by atoms with Crippen molar-refractivity contribution in [1.29, 1.82) is 0 Å². The SMILES string of the molecule is C[C@@H](N[S@@](=O)C(C)(C)C)c1ccc(N2CCOCC2)cc1Br. The van der Waals surface area contributed by atoms with Crippen LogP contribution in [0.3, 0.4) is 0 Å². The number of halogens is 1. The summed E-state index contributed by atoms with van der Waals surface area (Å²) in [6.45, 7) is 11.4. The predicted octanol–water partition coefficient (Wildman–Crippen LogP) is 3.40. The zero-order chi connectivity index (χ0) is 16.3. The van der Waals surface area contributed by atoms with E-state index >= 15 is 0 Å². The lowest BCUT2D eigenvalue weighted by molar-refractivity contribution is 0.122. The summed E-state index contributed by atoms with van der Waals surface area (Å²) in [5.74, 6) is 0. The van der Waals surface area contributed by atoms with Crippen LogP contribution in [-0.2, 0) is 15.7 Å². The largest absolute Gasteiger partial charge is 0.378 e. The third-order valence-corrected chi connectivity index (χ3v) is 6.03. The Balaban J connectivity index is 2.10. The summed E-state index contributed by atoms with van der Waals surface area (Å²) in [6.07, 6.45) is 0. The summed E-state index contributed by atoms with van der Waals surface area (Å²) in [7, 11) is -1.08.